The van der Waals surface area contributed by atoms with E-state index in [1.807, 2.05) is 32.2 Å². The number of halogens is 1. The normalized spacial score (nSPS) is 22.5. The van der Waals surface area contributed by atoms with E-state index in [2.05, 4.69) is 20.5 Å². The minimum Gasteiger partial charge on any atom is -0.377 e. The van der Waals surface area contributed by atoms with Crippen molar-refractivity contribution in [3.05, 3.63) is 64.6 Å². The van der Waals surface area contributed by atoms with Crippen LogP contribution in [0.15, 0.2) is 54.0 Å². The summed E-state index contributed by atoms with van der Waals surface area (Å²) in [5.41, 5.74) is 0.412. The van der Waals surface area contributed by atoms with Gasteiger partial charge in [0.25, 0.3) is 5.91 Å². The van der Waals surface area contributed by atoms with E-state index in [4.69, 9.17) is 0 Å². The summed E-state index contributed by atoms with van der Waals surface area (Å²) in [5, 5.41) is 8.08. The maximum absolute atomic E-state index is 15.0. The smallest absolute Gasteiger partial charge is 0.254 e. The van der Waals surface area contributed by atoms with Crippen molar-refractivity contribution in [3.63, 3.8) is 0 Å². The summed E-state index contributed by atoms with van der Waals surface area (Å²) in [6, 6.07) is 6.70. The van der Waals surface area contributed by atoms with Gasteiger partial charge in [0.2, 0.25) is 0 Å². The summed E-state index contributed by atoms with van der Waals surface area (Å²) in [7, 11) is 0. The molecule has 3 aliphatic rings. The van der Waals surface area contributed by atoms with Crippen LogP contribution in [0, 0.1) is 5.92 Å². The average molecular weight is 467 g/mol. The van der Waals surface area contributed by atoms with Crippen LogP contribution < -0.4 is 15.5 Å². The minimum absolute atomic E-state index is 0.0585. The van der Waals surface area contributed by atoms with E-state index >= 15 is 0 Å². The highest BCUT2D eigenvalue weighted by Crippen LogP contribution is 2.36. The van der Waals surface area contributed by atoms with E-state index in [0.29, 0.717) is 11.3 Å². The van der Waals surface area contributed by atoms with Crippen LogP contribution >= 0.6 is 11.3 Å². The molecule has 2 aromatic rings. The number of Topliss-reactive ketones (excluding diaryl/α,β-unsaturated/α-hetero) is 1. The van der Waals surface area contributed by atoms with Gasteiger partial charge in [-0.25, -0.2) is 9.37 Å². The Labute approximate surface area is 196 Å². The molecule has 8 heteroatoms. The average Bonchev–Trinajstić information content (AvgIpc) is 3.31. The lowest BCUT2D eigenvalue weighted by Gasteiger charge is -2.33. The first kappa shape index (κ1) is 21.8. The van der Waals surface area contributed by atoms with Crippen LogP contribution in [-0.4, -0.2) is 35.8 Å². The van der Waals surface area contributed by atoms with E-state index < -0.39 is 29.2 Å². The SMILES string of the molecule is CC(C)(NC(=O)C1=CC2Nc3ccccc3C(=O)C2C=C1F)c1ncc(N2CCCCC2)s1. The van der Waals surface area contributed by atoms with Gasteiger partial charge in [0.05, 0.1) is 29.3 Å². The zero-order valence-corrected chi connectivity index (χ0v) is 19.5. The molecule has 0 radical (unpaired) electrons. The molecule has 0 bridgehead atoms. The standard InChI is InChI=1S/C25H27FN4O2S/c1-25(2,24-27-14-21(33-24)30-10-6-3-7-11-30)29-23(32)16-13-20-17(12-18(16)26)22(31)15-8-4-5-9-19(15)28-20/h4-5,8-9,12-14,17,20,28H,3,6-7,10-11H2,1-2H3,(H,29,32). The Morgan fingerprint density at radius 1 is 1.21 bits per heavy atom. The lowest BCUT2D eigenvalue weighted by molar-refractivity contribution is -0.119. The second-order valence-corrected chi connectivity index (χ2v) is 10.3. The fourth-order valence-corrected chi connectivity index (χ4v) is 5.70. The van der Waals surface area contributed by atoms with Crippen molar-refractivity contribution in [2.75, 3.05) is 23.3 Å². The van der Waals surface area contributed by atoms with Gasteiger partial charge < -0.3 is 15.5 Å². The number of amides is 1. The topological polar surface area (TPSA) is 74.3 Å². The highest BCUT2D eigenvalue weighted by Gasteiger charge is 2.38. The number of fused-ring (bicyclic) bond motifs is 2. The molecule has 1 amide bonds. The third-order valence-electron chi connectivity index (χ3n) is 6.50. The molecular formula is C25H27FN4O2S. The number of thiazole rings is 1. The van der Waals surface area contributed by atoms with Crippen molar-refractivity contribution < 1.29 is 14.0 Å². The van der Waals surface area contributed by atoms with Crippen LogP contribution in [0.3, 0.4) is 0 Å². The van der Waals surface area contributed by atoms with Crippen molar-refractivity contribution in [1.82, 2.24) is 10.3 Å². The van der Waals surface area contributed by atoms with Gasteiger partial charge in [-0.15, -0.1) is 0 Å². The van der Waals surface area contributed by atoms with E-state index in [1.54, 1.807) is 23.5 Å². The number of hydrogen-bond donors (Lipinski definition) is 2. The Morgan fingerprint density at radius 2 is 1.97 bits per heavy atom. The number of nitrogens with zero attached hydrogens (tertiary/aromatic N) is 2. The second kappa shape index (κ2) is 8.41. The second-order valence-electron chi connectivity index (χ2n) is 9.33. The van der Waals surface area contributed by atoms with Crippen LogP contribution in [0.1, 0.15) is 48.5 Å². The third kappa shape index (κ3) is 4.08. The molecule has 2 atom stereocenters. The van der Waals surface area contributed by atoms with E-state index in [1.165, 1.54) is 31.4 Å². The number of nitrogens with one attached hydrogen (secondary N) is 2. The van der Waals surface area contributed by atoms with Crippen LogP contribution in [0.4, 0.5) is 15.1 Å². The van der Waals surface area contributed by atoms with Gasteiger partial charge in [-0.05, 0) is 57.4 Å². The number of aromatic nitrogens is 1. The lowest BCUT2D eigenvalue weighted by Crippen LogP contribution is -2.44. The summed E-state index contributed by atoms with van der Waals surface area (Å²) in [6.45, 7) is 5.79. The molecule has 5 rings (SSSR count). The lowest BCUT2D eigenvalue weighted by atomic mass is 9.81. The number of anilines is 2. The number of para-hydroxylation sites is 1. The summed E-state index contributed by atoms with van der Waals surface area (Å²) >= 11 is 1.56. The fraction of sp³-hybridized carbons (Fsp3) is 0.400. The summed E-state index contributed by atoms with van der Waals surface area (Å²) < 4.78 is 15.0. The molecule has 172 valence electrons. The molecule has 6 nitrogen and oxygen atoms in total. The van der Waals surface area contributed by atoms with Gasteiger partial charge in [0.1, 0.15) is 15.8 Å². The molecule has 2 N–H and O–H groups in total. The largest absolute Gasteiger partial charge is 0.377 e. The van der Waals surface area contributed by atoms with Gasteiger partial charge in [0.15, 0.2) is 5.78 Å². The molecule has 3 heterocycles. The molecule has 1 fully saturated rings. The first-order valence-electron chi connectivity index (χ1n) is 11.4. The number of carbonyl (C=O) groups is 2. The quantitative estimate of drug-likeness (QED) is 0.691. The maximum Gasteiger partial charge on any atom is 0.254 e. The summed E-state index contributed by atoms with van der Waals surface area (Å²) in [6.07, 6.45) is 8.26. The van der Waals surface area contributed by atoms with Gasteiger partial charge in [0, 0.05) is 24.3 Å². The predicted molar refractivity (Wildman–Crippen MR) is 128 cm³/mol. The zero-order chi connectivity index (χ0) is 23.2. The molecule has 0 spiro atoms. The molecule has 1 saturated heterocycles. The zero-order valence-electron chi connectivity index (χ0n) is 18.7. The van der Waals surface area contributed by atoms with Crippen LogP contribution in [0.25, 0.3) is 0 Å². The summed E-state index contributed by atoms with van der Waals surface area (Å²) in [4.78, 5) is 32.8. The Kier molecular flexibility index (Phi) is 5.56. The molecule has 0 saturated carbocycles. The van der Waals surface area contributed by atoms with Crippen molar-refractivity contribution in [1.29, 1.82) is 0 Å². The minimum atomic E-state index is -0.768. The van der Waals surface area contributed by atoms with Crippen molar-refractivity contribution in [2.24, 2.45) is 5.92 Å². The van der Waals surface area contributed by atoms with Gasteiger partial charge in [-0.2, -0.15) is 0 Å². The Morgan fingerprint density at radius 3 is 2.76 bits per heavy atom. The molecule has 1 aromatic carbocycles. The highest BCUT2D eigenvalue weighted by molar-refractivity contribution is 7.15. The Bertz CT molecular complexity index is 1160. The number of ketones is 1. The first-order valence-corrected chi connectivity index (χ1v) is 12.2. The number of benzene rings is 1. The van der Waals surface area contributed by atoms with Crippen LogP contribution in [0.2, 0.25) is 0 Å². The van der Waals surface area contributed by atoms with Gasteiger partial charge >= 0.3 is 0 Å². The van der Waals surface area contributed by atoms with E-state index in [-0.39, 0.29) is 11.4 Å². The first-order chi connectivity index (χ1) is 15.8. The monoisotopic (exact) mass is 466 g/mol. The maximum atomic E-state index is 15.0. The molecule has 2 unspecified atom stereocenters. The fourth-order valence-electron chi connectivity index (χ4n) is 4.67. The van der Waals surface area contributed by atoms with Gasteiger partial charge in [-0.3, -0.25) is 9.59 Å². The van der Waals surface area contributed by atoms with Crippen LogP contribution in [-0.2, 0) is 10.3 Å². The van der Waals surface area contributed by atoms with E-state index in [0.717, 1.165) is 23.1 Å². The number of carbonyl (C=O) groups excluding carboxylic acids is 2. The number of rotatable bonds is 4. The van der Waals surface area contributed by atoms with Crippen molar-refractivity contribution in [2.45, 2.75) is 44.7 Å². The van der Waals surface area contributed by atoms with Gasteiger partial charge in [-0.1, -0.05) is 23.5 Å². The Hall–Kier alpha value is -3.00. The molecule has 33 heavy (non-hydrogen) atoms. The molecule has 1 aliphatic carbocycles. The molecule has 2 aliphatic heterocycles. The van der Waals surface area contributed by atoms with Crippen molar-refractivity contribution in [3.8, 4) is 0 Å². The third-order valence-corrected chi connectivity index (χ3v) is 7.88. The summed E-state index contributed by atoms with van der Waals surface area (Å²) in [5.74, 6) is -2.01. The van der Waals surface area contributed by atoms with Crippen molar-refractivity contribution >= 4 is 33.7 Å². The molecule has 1 aromatic heterocycles. The number of hydrogen-bond acceptors (Lipinski definition) is 6. The van der Waals surface area contributed by atoms with E-state index in [9.17, 15) is 14.0 Å². The highest BCUT2D eigenvalue weighted by atomic mass is 32.1. The van der Waals surface area contributed by atoms with Crippen LogP contribution in [0.5, 0.6) is 0 Å². The Balaban J connectivity index is 1.34. The number of piperidine rings is 1. The molecular weight excluding hydrogens is 439 g/mol. The predicted octanol–water partition coefficient (Wildman–Crippen LogP) is 4.57.